The molecule has 0 amide bonds. The van der Waals surface area contributed by atoms with E-state index >= 15 is 0 Å². The summed E-state index contributed by atoms with van der Waals surface area (Å²) in [6, 6.07) is 2.98. The van der Waals surface area contributed by atoms with Gasteiger partial charge in [0.25, 0.3) is 0 Å². The van der Waals surface area contributed by atoms with E-state index in [0.29, 0.717) is 0 Å². The quantitative estimate of drug-likeness (QED) is 0.303. The molecule has 0 fully saturated rings. The van der Waals surface area contributed by atoms with Gasteiger partial charge in [0.05, 0.1) is 5.88 Å². The fourth-order valence-corrected chi connectivity index (χ4v) is 1.59. The van der Waals surface area contributed by atoms with Crippen molar-refractivity contribution >= 4 is 34.9 Å². The minimum Gasteiger partial charge on any atom is -0.386 e. The maximum atomic E-state index is 13.3. The van der Waals surface area contributed by atoms with Crippen LogP contribution in [0.4, 0.5) is 23.2 Å². The van der Waals surface area contributed by atoms with Gasteiger partial charge in [-0.1, -0.05) is 0 Å². The Kier molecular flexibility index (Phi) is 4.64. The SMILES string of the molecule is NC(CCl)=Nc1ccc(SC(F)(F)F)cc1F. The highest BCUT2D eigenvalue weighted by atomic mass is 35.5. The van der Waals surface area contributed by atoms with Crippen molar-refractivity contribution in [1.29, 1.82) is 0 Å². The molecule has 17 heavy (non-hydrogen) atoms. The van der Waals surface area contributed by atoms with E-state index in [4.69, 9.17) is 17.3 Å². The van der Waals surface area contributed by atoms with Crippen LogP contribution in [0.3, 0.4) is 0 Å². The van der Waals surface area contributed by atoms with Crippen LogP contribution < -0.4 is 5.73 Å². The second-order valence-corrected chi connectivity index (χ2v) is 4.30. The lowest BCUT2D eigenvalue weighted by atomic mass is 10.3. The van der Waals surface area contributed by atoms with Crippen LogP contribution in [-0.4, -0.2) is 17.2 Å². The van der Waals surface area contributed by atoms with Gasteiger partial charge in [-0.15, -0.1) is 11.6 Å². The summed E-state index contributed by atoms with van der Waals surface area (Å²) in [7, 11) is 0. The lowest BCUT2D eigenvalue weighted by Gasteiger charge is -2.06. The van der Waals surface area contributed by atoms with Gasteiger partial charge < -0.3 is 5.73 Å². The number of rotatable bonds is 3. The Bertz CT molecular complexity index is 433. The molecule has 0 aliphatic rings. The molecule has 1 rings (SSSR count). The van der Waals surface area contributed by atoms with Crippen molar-refractivity contribution in [3.8, 4) is 0 Å². The molecule has 0 saturated heterocycles. The molecule has 0 heterocycles. The molecule has 0 aliphatic carbocycles. The summed E-state index contributed by atoms with van der Waals surface area (Å²) < 4.78 is 49.4. The third-order valence-electron chi connectivity index (χ3n) is 1.55. The van der Waals surface area contributed by atoms with Crippen LogP contribution in [0.1, 0.15) is 0 Å². The molecule has 1 aromatic rings. The van der Waals surface area contributed by atoms with E-state index in [2.05, 4.69) is 4.99 Å². The number of halogens is 5. The Labute approximate surface area is 104 Å². The summed E-state index contributed by atoms with van der Waals surface area (Å²) in [5, 5.41) is 0. The number of hydrogen-bond acceptors (Lipinski definition) is 2. The summed E-state index contributed by atoms with van der Waals surface area (Å²) >= 11 is 4.94. The van der Waals surface area contributed by atoms with Crippen LogP contribution in [0.25, 0.3) is 0 Å². The Morgan fingerprint density at radius 1 is 1.41 bits per heavy atom. The summed E-state index contributed by atoms with van der Waals surface area (Å²) in [6.07, 6.45) is 0. The Morgan fingerprint density at radius 2 is 2.06 bits per heavy atom. The van der Waals surface area contributed by atoms with Crippen LogP contribution in [-0.2, 0) is 0 Å². The molecule has 8 heteroatoms. The van der Waals surface area contributed by atoms with Crippen LogP contribution in [0.2, 0.25) is 0 Å². The highest BCUT2D eigenvalue weighted by Crippen LogP contribution is 2.38. The van der Waals surface area contributed by atoms with Gasteiger partial charge in [0.15, 0.2) is 0 Å². The van der Waals surface area contributed by atoms with E-state index in [9.17, 15) is 17.6 Å². The molecule has 0 unspecified atom stereocenters. The highest BCUT2D eigenvalue weighted by Gasteiger charge is 2.29. The number of alkyl halides is 4. The number of nitrogens with two attached hydrogens (primary N) is 1. The molecular weight excluding hydrogens is 280 g/mol. The van der Waals surface area contributed by atoms with Crippen LogP contribution in [0.5, 0.6) is 0 Å². The zero-order valence-electron chi connectivity index (χ0n) is 8.26. The largest absolute Gasteiger partial charge is 0.446 e. The first-order valence-electron chi connectivity index (χ1n) is 4.26. The molecule has 0 saturated carbocycles. The third kappa shape index (κ3) is 4.82. The van der Waals surface area contributed by atoms with Crippen LogP contribution >= 0.6 is 23.4 Å². The molecule has 0 bridgehead atoms. The van der Waals surface area contributed by atoms with Gasteiger partial charge in [0.2, 0.25) is 0 Å². The second-order valence-electron chi connectivity index (χ2n) is 2.90. The monoisotopic (exact) mass is 286 g/mol. The van der Waals surface area contributed by atoms with Gasteiger partial charge in [0.1, 0.15) is 17.3 Å². The third-order valence-corrected chi connectivity index (χ3v) is 2.55. The van der Waals surface area contributed by atoms with Gasteiger partial charge in [0, 0.05) is 4.90 Å². The molecule has 1 aromatic carbocycles. The van der Waals surface area contributed by atoms with Gasteiger partial charge in [-0.05, 0) is 30.0 Å². The van der Waals surface area contributed by atoms with Crippen molar-refractivity contribution in [2.24, 2.45) is 10.7 Å². The smallest absolute Gasteiger partial charge is 0.386 e. The fraction of sp³-hybridized carbons (Fsp3) is 0.222. The van der Waals surface area contributed by atoms with Crippen molar-refractivity contribution in [3.05, 3.63) is 24.0 Å². The first-order chi connectivity index (χ1) is 7.81. The molecule has 0 atom stereocenters. The van der Waals surface area contributed by atoms with E-state index in [1.54, 1.807) is 0 Å². The summed E-state index contributed by atoms with van der Waals surface area (Å²) in [6.45, 7) is 0. The van der Waals surface area contributed by atoms with Crippen molar-refractivity contribution in [3.63, 3.8) is 0 Å². The maximum Gasteiger partial charge on any atom is 0.446 e. The Balaban J connectivity index is 2.94. The summed E-state index contributed by atoms with van der Waals surface area (Å²) in [4.78, 5) is 3.36. The molecular formula is C9H7ClF4N2S. The average Bonchev–Trinajstić information content (AvgIpc) is 2.19. The van der Waals surface area contributed by atoms with E-state index in [1.807, 2.05) is 0 Å². The number of nitrogens with zero attached hydrogens (tertiary/aromatic N) is 1. The minimum atomic E-state index is -4.45. The predicted molar refractivity (Wildman–Crippen MR) is 60.3 cm³/mol. The second kappa shape index (κ2) is 5.59. The number of benzene rings is 1. The molecule has 2 N–H and O–H groups in total. The van der Waals surface area contributed by atoms with Crippen molar-refractivity contribution in [2.75, 3.05) is 5.88 Å². The summed E-state index contributed by atoms with van der Waals surface area (Å²) in [5.74, 6) is -0.979. The van der Waals surface area contributed by atoms with Crippen molar-refractivity contribution in [1.82, 2.24) is 0 Å². The molecule has 94 valence electrons. The zero-order chi connectivity index (χ0) is 13.1. The van der Waals surface area contributed by atoms with Crippen molar-refractivity contribution < 1.29 is 17.6 Å². The van der Waals surface area contributed by atoms with Gasteiger partial charge in [-0.3, -0.25) is 0 Å². The van der Waals surface area contributed by atoms with Gasteiger partial charge in [-0.2, -0.15) is 13.2 Å². The normalized spacial score (nSPS) is 12.9. The number of amidine groups is 1. The topological polar surface area (TPSA) is 38.4 Å². The fourth-order valence-electron chi connectivity index (χ4n) is 0.960. The van der Waals surface area contributed by atoms with Crippen molar-refractivity contribution in [2.45, 2.75) is 10.4 Å². The lowest BCUT2D eigenvalue weighted by molar-refractivity contribution is -0.0328. The predicted octanol–water partition coefficient (Wildman–Crippen LogP) is 3.67. The Hall–Kier alpha value is -0.950. The first kappa shape index (κ1) is 14.1. The van der Waals surface area contributed by atoms with Gasteiger partial charge in [-0.25, -0.2) is 9.38 Å². The van der Waals surface area contributed by atoms with E-state index in [0.717, 1.165) is 18.2 Å². The van der Waals surface area contributed by atoms with E-state index < -0.39 is 23.1 Å². The van der Waals surface area contributed by atoms with Gasteiger partial charge >= 0.3 is 5.51 Å². The lowest BCUT2D eigenvalue weighted by Crippen LogP contribution is -2.12. The van der Waals surface area contributed by atoms with Crippen LogP contribution in [0.15, 0.2) is 28.1 Å². The maximum absolute atomic E-state index is 13.3. The zero-order valence-corrected chi connectivity index (χ0v) is 9.83. The molecule has 0 radical (unpaired) electrons. The van der Waals surface area contributed by atoms with E-state index in [1.165, 1.54) is 0 Å². The standard InChI is InChI=1S/C9H7ClF4N2S/c10-4-8(15)16-7-2-1-5(3-6(7)11)17-9(12,13)14/h1-3H,4H2,(H2,15,16). The molecule has 0 spiro atoms. The highest BCUT2D eigenvalue weighted by molar-refractivity contribution is 8.00. The molecule has 0 aromatic heterocycles. The average molecular weight is 287 g/mol. The first-order valence-corrected chi connectivity index (χ1v) is 5.61. The summed E-state index contributed by atoms with van der Waals surface area (Å²) in [5.41, 5.74) is 0.684. The van der Waals surface area contributed by atoms with E-state index in [-0.39, 0.29) is 22.3 Å². The molecule has 2 nitrogen and oxygen atoms in total. The van der Waals surface area contributed by atoms with Crippen LogP contribution in [0, 0.1) is 5.82 Å². The molecule has 0 aliphatic heterocycles. The Morgan fingerprint density at radius 3 is 2.53 bits per heavy atom. The number of aliphatic imine (C=N–C) groups is 1. The minimum absolute atomic E-state index is 0.0122. The number of thioether (sulfide) groups is 1. The number of hydrogen-bond donors (Lipinski definition) is 1.